The van der Waals surface area contributed by atoms with E-state index in [-0.39, 0.29) is 11.6 Å². The molecule has 1 N–H and O–H groups in total. The first kappa shape index (κ1) is 19.3. The molecule has 2 aromatic rings. The number of hydrogen-bond donors (Lipinski definition) is 1. The fraction of sp³-hybridized carbons (Fsp3) is 0.520. The molecule has 3 heterocycles. The Hall–Kier alpha value is -1.72. The summed E-state index contributed by atoms with van der Waals surface area (Å²) in [4.78, 5) is 7.94. The van der Waals surface area contributed by atoms with Crippen LogP contribution in [0.1, 0.15) is 17.5 Å². The van der Waals surface area contributed by atoms with Crippen molar-refractivity contribution in [3.63, 3.8) is 0 Å². The highest BCUT2D eigenvalue weighted by Crippen LogP contribution is 2.38. The van der Waals surface area contributed by atoms with Crippen molar-refractivity contribution >= 4 is 0 Å². The highest BCUT2D eigenvalue weighted by molar-refractivity contribution is 5.18. The van der Waals surface area contributed by atoms with Gasteiger partial charge < -0.3 is 5.11 Å². The van der Waals surface area contributed by atoms with Gasteiger partial charge in [-0.2, -0.15) is 0 Å². The quantitative estimate of drug-likeness (QED) is 0.818. The van der Waals surface area contributed by atoms with Gasteiger partial charge in [0.1, 0.15) is 0 Å². The summed E-state index contributed by atoms with van der Waals surface area (Å²) in [5.74, 6) is 0. The Morgan fingerprint density at radius 2 is 1.31 bits per heavy atom. The maximum atomic E-state index is 10.4. The van der Waals surface area contributed by atoms with Crippen LogP contribution in [0.2, 0.25) is 0 Å². The fourth-order valence-corrected chi connectivity index (χ4v) is 5.78. The summed E-state index contributed by atoms with van der Waals surface area (Å²) in [6.45, 7) is 7.66. The van der Waals surface area contributed by atoms with E-state index in [1.807, 2.05) is 0 Å². The topological polar surface area (TPSA) is 30.0 Å². The van der Waals surface area contributed by atoms with E-state index in [0.717, 1.165) is 65.1 Å². The largest absolute Gasteiger partial charge is 0.392 e. The average molecular weight is 392 g/mol. The molecule has 0 aromatic heterocycles. The summed E-state index contributed by atoms with van der Waals surface area (Å²) < 4.78 is 0. The van der Waals surface area contributed by atoms with Gasteiger partial charge in [-0.3, -0.25) is 14.7 Å². The van der Waals surface area contributed by atoms with Gasteiger partial charge in [-0.05, 0) is 30.4 Å². The number of piperazine rings is 1. The first-order valence-corrected chi connectivity index (χ1v) is 11.2. The molecule has 0 aliphatic carbocycles. The summed E-state index contributed by atoms with van der Waals surface area (Å²) in [7, 11) is 0. The van der Waals surface area contributed by atoms with Gasteiger partial charge in [-0.15, -0.1) is 0 Å². The van der Waals surface area contributed by atoms with Crippen LogP contribution in [0.3, 0.4) is 0 Å². The van der Waals surface area contributed by atoms with E-state index in [4.69, 9.17) is 0 Å². The van der Waals surface area contributed by atoms with Crippen LogP contribution >= 0.6 is 0 Å². The second kappa shape index (κ2) is 8.19. The lowest BCUT2D eigenvalue weighted by Crippen LogP contribution is -2.78. The molecule has 2 atom stereocenters. The van der Waals surface area contributed by atoms with E-state index in [0.29, 0.717) is 6.04 Å². The molecule has 0 unspecified atom stereocenters. The van der Waals surface area contributed by atoms with E-state index < -0.39 is 0 Å². The normalized spacial score (nSPS) is 27.1. The SMILES string of the molecule is O[C@@H]1C[C@H]2CN(CCc3ccccc3)CC3(CN(CCc4ccccc4)C3)N2C1. The number of benzene rings is 2. The van der Waals surface area contributed by atoms with E-state index in [1.165, 1.54) is 11.1 Å². The van der Waals surface area contributed by atoms with Crippen LogP contribution in [0, 0.1) is 0 Å². The van der Waals surface area contributed by atoms with Crippen LogP contribution in [-0.2, 0) is 12.8 Å². The fourth-order valence-electron chi connectivity index (χ4n) is 5.78. The zero-order chi connectivity index (χ0) is 19.7. The molecule has 1 spiro atoms. The van der Waals surface area contributed by atoms with Crippen LogP contribution in [0.5, 0.6) is 0 Å². The number of fused-ring (bicyclic) bond motifs is 2. The van der Waals surface area contributed by atoms with Crippen LogP contribution in [-0.4, -0.2) is 83.3 Å². The van der Waals surface area contributed by atoms with E-state index in [1.54, 1.807) is 0 Å². The van der Waals surface area contributed by atoms with Gasteiger partial charge >= 0.3 is 0 Å². The third kappa shape index (κ3) is 4.13. The number of β-amino-alcohol motifs (C(OH)–C–C–N with tert-alkyl or cyclic N) is 1. The van der Waals surface area contributed by atoms with Crippen molar-refractivity contribution < 1.29 is 5.11 Å². The number of nitrogens with zero attached hydrogens (tertiary/aromatic N) is 3. The Bertz CT molecular complexity index is 790. The maximum Gasteiger partial charge on any atom is 0.0682 e. The molecule has 0 saturated carbocycles. The molecule has 0 amide bonds. The lowest BCUT2D eigenvalue weighted by atomic mass is 9.83. The monoisotopic (exact) mass is 391 g/mol. The number of rotatable bonds is 6. The van der Waals surface area contributed by atoms with Crippen molar-refractivity contribution in [2.75, 3.05) is 45.8 Å². The van der Waals surface area contributed by atoms with Crippen LogP contribution in [0.4, 0.5) is 0 Å². The van der Waals surface area contributed by atoms with Gasteiger partial charge in [0.25, 0.3) is 0 Å². The van der Waals surface area contributed by atoms with Crippen molar-refractivity contribution in [2.24, 2.45) is 0 Å². The number of aliphatic hydroxyl groups excluding tert-OH is 1. The molecule has 4 nitrogen and oxygen atoms in total. The van der Waals surface area contributed by atoms with Crippen molar-refractivity contribution in [2.45, 2.75) is 36.9 Å². The Morgan fingerprint density at radius 3 is 1.93 bits per heavy atom. The second-order valence-corrected chi connectivity index (χ2v) is 9.34. The minimum absolute atomic E-state index is 0.149. The van der Waals surface area contributed by atoms with Crippen molar-refractivity contribution in [3.05, 3.63) is 71.8 Å². The smallest absolute Gasteiger partial charge is 0.0682 e. The molecule has 3 saturated heterocycles. The van der Waals surface area contributed by atoms with Crippen LogP contribution < -0.4 is 0 Å². The van der Waals surface area contributed by atoms with Gasteiger partial charge in [0, 0.05) is 51.9 Å². The molecular formula is C25H33N3O. The Labute approximate surface area is 174 Å². The van der Waals surface area contributed by atoms with Crippen molar-refractivity contribution in [3.8, 4) is 0 Å². The average Bonchev–Trinajstić information content (AvgIpc) is 3.11. The molecule has 29 heavy (non-hydrogen) atoms. The van der Waals surface area contributed by atoms with E-state index in [2.05, 4.69) is 75.4 Å². The summed E-state index contributed by atoms with van der Waals surface area (Å²) in [6.07, 6.45) is 3.03. The Kier molecular flexibility index (Phi) is 5.44. The van der Waals surface area contributed by atoms with E-state index >= 15 is 0 Å². The third-order valence-corrected chi connectivity index (χ3v) is 7.14. The number of likely N-dealkylation sites (tertiary alicyclic amines) is 1. The molecule has 0 radical (unpaired) electrons. The summed E-state index contributed by atoms with van der Waals surface area (Å²) in [6, 6.07) is 22.2. The molecule has 3 aliphatic heterocycles. The van der Waals surface area contributed by atoms with Crippen molar-refractivity contribution in [1.82, 2.24) is 14.7 Å². The molecule has 154 valence electrons. The third-order valence-electron chi connectivity index (χ3n) is 7.14. The highest BCUT2D eigenvalue weighted by Gasteiger charge is 2.55. The molecule has 3 fully saturated rings. The zero-order valence-electron chi connectivity index (χ0n) is 17.3. The zero-order valence-corrected chi connectivity index (χ0v) is 17.3. The standard InChI is InChI=1S/C25H33N3O/c29-24-15-23-16-26(13-11-21-7-3-1-4-8-21)18-25(28(23)17-24)19-27(20-25)14-12-22-9-5-2-6-10-22/h1-10,23-24,29H,11-20H2/t23-,24+/m0/s1. The van der Waals surface area contributed by atoms with Gasteiger partial charge in [-0.1, -0.05) is 60.7 Å². The van der Waals surface area contributed by atoms with Crippen molar-refractivity contribution in [1.29, 1.82) is 0 Å². The highest BCUT2D eigenvalue weighted by atomic mass is 16.3. The summed E-state index contributed by atoms with van der Waals surface area (Å²) in [5, 5.41) is 10.4. The minimum Gasteiger partial charge on any atom is -0.392 e. The summed E-state index contributed by atoms with van der Waals surface area (Å²) >= 11 is 0. The van der Waals surface area contributed by atoms with Gasteiger partial charge in [-0.25, -0.2) is 0 Å². The maximum absolute atomic E-state index is 10.4. The molecule has 5 rings (SSSR count). The Morgan fingerprint density at radius 1 is 0.759 bits per heavy atom. The van der Waals surface area contributed by atoms with Gasteiger partial charge in [0.15, 0.2) is 0 Å². The Balaban J connectivity index is 1.21. The predicted octanol–water partition coefficient (Wildman–Crippen LogP) is 2.28. The number of hydrogen-bond acceptors (Lipinski definition) is 4. The van der Waals surface area contributed by atoms with Crippen LogP contribution in [0.25, 0.3) is 0 Å². The molecule has 2 aromatic carbocycles. The predicted molar refractivity (Wildman–Crippen MR) is 117 cm³/mol. The first-order valence-electron chi connectivity index (χ1n) is 11.2. The van der Waals surface area contributed by atoms with E-state index in [9.17, 15) is 5.11 Å². The number of aliphatic hydroxyl groups is 1. The first-order chi connectivity index (χ1) is 14.2. The van der Waals surface area contributed by atoms with Crippen LogP contribution in [0.15, 0.2) is 60.7 Å². The lowest BCUT2D eigenvalue weighted by molar-refractivity contribution is -0.112. The molecular weight excluding hydrogens is 358 g/mol. The lowest BCUT2D eigenvalue weighted by Gasteiger charge is -2.61. The minimum atomic E-state index is -0.149. The van der Waals surface area contributed by atoms with Gasteiger partial charge in [0.05, 0.1) is 11.6 Å². The molecule has 4 heteroatoms. The molecule has 0 bridgehead atoms. The van der Waals surface area contributed by atoms with Gasteiger partial charge in [0.2, 0.25) is 0 Å². The second-order valence-electron chi connectivity index (χ2n) is 9.34. The molecule has 3 aliphatic rings. The summed E-state index contributed by atoms with van der Waals surface area (Å²) in [5.41, 5.74) is 3.10.